The van der Waals surface area contributed by atoms with Crippen LogP contribution in [-0.2, 0) is 0 Å². The fourth-order valence-corrected chi connectivity index (χ4v) is 2.91. The van der Waals surface area contributed by atoms with Crippen molar-refractivity contribution in [3.8, 4) is 0 Å². The zero-order valence-corrected chi connectivity index (χ0v) is 10.9. The minimum absolute atomic E-state index is 0.681. The van der Waals surface area contributed by atoms with Crippen molar-refractivity contribution in [2.75, 3.05) is 23.7 Å². The molecule has 1 fully saturated rings. The first-order valence-electron chi connectivity index (χ1n) is 6.53. The van der Waals surface area contributed by atoms with Crippen molar-refractivity contribution in [1.82, 2.24) is 4.98 Å². The van der Waals surface area contributed by atoms with Gasteiger partial charge in [-0.15, -0.1) is 0 Å². The molecule has 4 heteroatoms. The van der Waals surface area contributed by atoms with Gasteiger partial charge in [0, 0.05) is 13.1 Å². The third-order valence-corrected chi connectivity index (χ3v) is 3.58. The highest BCUT2D eigenvalue weighted by atomic mass is 16.4. The molecule has 0 bridgehead atoms. The molecule has 0 aliphatic carbocycles. The number of fused-ring (bicyclic) bond motifs is 1. The number of benzene rings is 1. The maximum absolute atomic E-state index is 5.91. The van der Waals surface area contributed by atoms with Crippen molar-refractivity contribution in [2.24, 2.45) is 11.8 Å². The molecule has 96 valence electrons. The van der Waals surface area contributed by atoms with Crippen LogP contribution in [0.5, 0.6) is 0 Å². The van der Waals surface area contributed by atoms with E-state index in [-0.39, 0.29) is 0 Å². The molecule has 0 spiro atoms. The first kappa shape index (κ1) is 11.4. The number of nitrogens with zero attached hydrogens (tertiary/aromatic N) is 2. The van der Waals surface area contributed by atoms with Crippen LogP contribution >= 0.6 is 0 Å². The molecule has 2 N–H and O–H groups in total. The van der Waals surface area contributed by atoms with Gasteiger partial charge < -0.3 is 15.1 Å². The van der Waals surface area contributed by atoms with Crippen molar-refractivity contribution in [3.05, 3.63) is 18.2 Å². The SMILES string of the molecule is CC1CC(C)CN(c2nc3c(N)cccc3o2)C1. The van der Waals surface area contributed by atoms with E-state index in [4.69, 9.17) is 10.2 Å². The van der Waals surface area contributed by atoms with E-state index >= 15 is 0 Å². The average Bonchev–Trinajstić information content (AvgIpc) is 2.73. The van der Waals surface area contributed by atoms with Gasteiger partial charge in [0.15, 0.2) is 5.58 Å². The highest BCUT2D eigenvalue weighted by molar-refractivity contribution is 5.86. The Labute approximate surface area is 107 Å². The summed E-state index contributed by atoms with van der Waals surface area (Å²) < 4.78 is 5.82. The van der Waals surface area contributed by atoms with Crippen LogP contribution in [0.2, 0.25) is 0 Å². The Hall–Kier alpha value is -1.71. The van der Waals surface area contributed by atoms with Gasteiger partial charge in [0.05, 0.1) is 5.69 Å². The Bertz CT molecular complexity index is 553. The summed E-state index contributed by atoms with van der Waals surface area (Å²) in [5, 5.41) is 0. The normalized spacial score (nSPS) is 24.7. The molecule has 2 atom stereocenters. The van der Waals surface area contributed by atoms with E-state index < -0.39 is 0 Å². The number of anilines is 2. The van der Waals surface area contributed by atoms with Crippen LogP contribution in [0.3, 0.4) is 0 Å². The highest BCUT2D eigenvalue weighted by Gasteiger charge is 2.25. The lowest BCUT2D eigenvalue weighted by Crippen LogP contribution is -2.38. The van der Waals surface area contributed by atoms with Gasteiger partial charge in [-0.25, -0.2) is 0 Å². The molecule has 18 heavy (non-hydrogen) atoms. The van der Waals surface area contributed by atoms with Crippen molar-refractivity contribution in [3.63, 3.8) is 0 Å². The number of hydrogen-bond acceptors (Lipinski definition) is 4. The molecule has 2 unspecified atom stereocenters. The lowest BCUT2D eigenvalue weighted by Gasteiger charge is -2.33. The molecule has 0 radical (unpaired) electrons. The molecular weight excluding hydrogens is 226 g/mol. The van der Waals surface area contributed by atoms with Crippen LogP contribution in [0, 0.1) is 11.8 Å². The first-order valence-corrected chi connectivity index (χ1v) is 6.53. The first-order chi connectivity index (χ1) is 8.63. The van der Waals surface area contributed by atoms with Gasteiger partial charge in [-0.05, 0) is 30.4 Å². The van der Waals surface area contributed by atoms with Crippen LogP contribution in [0.1, 0.15) is 20.3 Å². The Balaban J connectivity index is 1.96. The zero-order valence-electron chi connectivity index (χ0n) is 10.9. The summed E-state index contributed by atoms with van der Waals surface area (Å²) in [6.45, 7) is 6.58. The summed E-state index contributed by atoms with van der Waals surface area (Å²) in [5.74, 6) is 1.36. The molecule has 1 aliphatic heterocycles. The zero-order chi connectivity index (χ0) is 12.7. The van der Waals surface area contributed by atoms with E-state index in [1.807, 2.05) is 18.2 Å². The molecule has 0 saturated carbocycles. The molecule has 1 aromatic heterocycles. The van der Waals surface area contributed by atoms with Gasteiger partial charge in [-0.1, -0.05) is 19.9 Å². The fraction of sp³-hybridized carbons (Fsp3) is 0.500. The fourth-order valence-electron chi connectivity index (χ4n) is 2.91. The molecule has 0 amide bonds. The number of nitrogen functional groups attached to an aromatic ring is 1. The number of aromatic nitrogens is 1. The number of rotatable bonds is 1. The van der Waals surface area contributed by atoms with Gasteiger partial charge >= 0.3 is 0 Å². The van der Waals surface area contributed by atoms with Crippen molar-refractivity contribution in [1.29, 1.82) is 0 Å². The third-order valence-electron chi connectivity index (χ3n) is 3.58. The second-order valence-electron chi connectivity index (χ2n) is 5.54. The predicted molar refractivity (Wildman–Crippen MR) is 73.6 cm³/mol. The van der Waals surface area contributed by atoms with E-state index in [0.717, 1.165) is 24.2 Å². The van der Waals surface area contributed by atoms with E-state index in [0.29, 0.717) is 23.5 Å². The largest absolute Gasteiger partial charge is 0.423 e. The maximum atomic E-state index is 5.91. The van der Waals surface area contributed by atoms with E-state index in [2.05, 4.69) is 23.7 Å². The topological polar surface area (TPSA) is 55.3 Å². The van der Waals surface area contributed by atoms with Gasteiger partial charge in [-0.2, -0.15) is 4.98 Å². The van der Waals surface area contributed by atoms with Crippen LogP contribution in [0.15, 0.2) is 22.6 Å². The molecular formula is C14H19N3O. The standard InChI is InChI=1S/C14H19N3O/c1-9-6-10(2)8-17(7-9)14-16-13-11(15)4-3-5-12(13)18-14/h3-5,9-10H,6-8,15H2,1-2H3. The third kappa shape index (κ3) is 1.92. The second-order valence-corrected chi connectivity index (χ2v) is 5.54. The Morgan fingerprint density at radius 2 is 2.00 bits per heavy atom. The Morgan fingerprint density at radius 3 is 2.67 bits per heavy atom. The molecule has 2 heterocycles. The van der Waals surface area contributed by atoms with E-state index in [9.17, 15) is 0 Å². The monoisotopic (exact) mass is 245 g/mol. The number of oxazole rings is 1. The molecule has 4 nitrogen and oxygen atoms in total. The summed E-state index contributed by atoms with van der Waals surface area (Å²) in [6.07, 6.45) is 1.28. The number of nitrogens with two attached hydrogens (primary N) is 1. The second kappa shape index (κ2) is 4.19. The lowest BCUT2D eigenvalue weighted by atomic mass is 9.92. The predicted octanol–water partition coefficient (Wildman–Crippen LogP) is 2.89. The minimum atomic E-state index is 0.681. The molecule has 2 aromatic rings. The maximum Gasteiger partial charge on any atom is 0.298 e. The summed E-state index contributed by atoms with van der Waals surface area (Å²) in [4.78, 5) is 6.77. The summed E-state index contributed by atoms with van der Waals surface area (Å²) >= 11 is 0. The quantitative estimate of drug-likeness (QED) is 0.785. The van der Waals surface area contributed by atoms with Gasteiger partial charge in [0.1, 0.15) is 5.52 Å². The summed E-state index contributed by atoms with van der Waals surface area (Å²) in [6, 6.07) is 6.38. The molecule has 1 aliphatic rings. The van der Waals surface area contributed by atoms with Crippen LogP contribution in [0.25, 0.3) is 11.1 Å². The smallest absolute Gasteiger partial charge is 0.298 e. The summed E-state index contributed by atoms with van der Waals surface area (Å²) in [7, 11) is 0. The molecule has 1 aromatic carbocycles. The number of hydrogen-bond donors (Lipinski definition) is 1. The van der Waals surface area contributed by atoms with E-state index in [1.54, 1.807) is 0 Å². The lowest BCUT2D eigenvalue weighted by molar-refractivity contribution is 0.343. The van der Waals surface area contributed by atoms with E-state index in [1.165, 1.54) is 6.42 Å². The molecule has 3 rings (SSSR count). The molecule has 1 saturated heterocycles. The van der Waals surface area contributed by atoms with Crippen LogP contribution < -0.4 is 10.6 Å². The van der Waals surface area contributed by atoms with Crippen LogP contribution in [0.4, 0.5) is 11.7 Å². The van der Waals surface area contributed by atoms with Crippen molar-refractivity contribution < 1.29 is 4.42 Å². The van der Waals surface area contributed by atoms with Crippen molar-refractivity contribution >= 4 is 22.8 Å². The minimum Gasteiger partial charge on any atom is -0.423 e. The van der Waals surface area contributed by atoms with Crippen molar-refractivity contribution in [2.45, 2.75) is 20.3 Å². The number of para-hydroxylation sites is 1. The Morgan fingerprint density at radius 1 is 1.28 bits per heavy atom. The van der Waals surface area contributed by atoms with Gasteiger partial charge in [0.2, 0.25) is 0 Å². The Kier molecular flexibility index (Phi) is 2.65. The number of piperidine rings is 1. The average molecular weight is 245 g/mol. The highest BCUT2D eigenvalue weighted by Crippen LogP contribution is 2.30. The van der Waals surface area contributed by atoms with Crippen LogP contribution in [-0.4, -0.2) is 18.1 Å². The summed E-state index contributed by atoms with van der Waals surface area (Å²) in [5.41, 5.74) is 8.14. The van der Waals surface area contributed by atoms with Gasteiger partial charge in [-0.3, -0.25) is 0 Å². The van der Waals surface area contributed by atoms with Gasteiger partial charge in [0.25, 0.3) is 6.01 Å².